The maximum atomic E-state index is 6.20. The number of hydrogen-bond donors (Lipinski definition) is 1. The largest absolute Gasteiger partial charge is 0.373 e. The first-order valence-electron chi connectivity index (χ1n) is 6.61. The molecule has 5 heteroatoms. The molecule has 3 nitrogen and oxygen atoms in total. The average Bonchev–Trinajstić information content (AvgIpc) is 2.42. The Labute approximate surface area is 129 Å². The first-order chi connectivity index (χ1) is 9.62. The number of benzene rings is 1. The van der Waals surface area contributed by atoms with Crippen LogP contribution in [0.3, 0.4) is 0 Å². The lowest BCUT2D eigenvalue weighted by Gasteiger charge is -2.08. The van der Waals surface area contributed by atoms with Gasteiger partial charge in [0.1, 0.15) is 11.6 Å². The molecule has 20 heavy (non-hydrogen) atoms. The van der Waals surface area contributed by atoms with Crippen LogP contribution in [0.2, 0.25) is 10.0 Å². The van der Waals surface area contributed by atoms with Gasteiger partial charge in [-0.3, -0.25) is 0 Å². The van der Waals surface area contributed by atoms with Crippen LogP contribution in [0, 0.1) is 0 Å². The number of aryl methyl sites for hydroxylation is 1. The van der Waals surface area contributed by atoms with E-state index < -0.39 is 0 Å². The number of anilines is 1. The molecule has 0 radical (unpaired) electrons. The van der Waals surface area contributed by atoms with Gasteiger partial charge in [-0.15, -0.1) is 0 Å². The van der Waals surface area contributed by atoms with Crippen LogP contribution in [0.1, 0.15) is 30.4 Å². The summed E-state index contributed by atoms with van der Waals surface area (Å²) >= 11 is 12.1. The summed E-state index contributed by atoms with van der Waals surface area (Å²) in [4.78, 5) is 9.07. The van der Waals surface area contributed by atoms with Crippen molar-refractivity contribution in [2.45, 2.75) is 26.2 Å². The molecule has 2 rings (SSSR count). The molecule has 0 aliphatic carbocycles. The number of nitrogens with one attached hydrogen (secondary N) is 1. The van der Waals surface area contributed by atoms with Gasteiger partial charge in [-0.2, -0.15) is 0 Å². The van der Waals surface area contributed by atoms with Crippen LogP contribution in [-0.2, 0) is 12.8 Å². The van der Waals surface area contributed by atoms with Crippen LogP contribution in [0.15, 0.2) is 24.3 Å². The van der Waals surface area contributed by atoms with Crippen LogP contribution >= 0.6 is 23.2 Å². The van der Waals surface area contributed by atoms with Gasteiger partial charge in [-0.05, 0) is 24.1 Å². The summed E-state index contributed by atoms with van der Waals surface area (Å²) in [6.07, 6.45) is 2.60. The Morgan fingerprint density at radius 3 is 2.60 bits per heavy atom. The van der Waals surface area contributed by atoms with Gasteiger partial charge in [0.15, 0.2) is 0 Å². The van der Waals surface area contributed by atoms with E-state index in [4.69, 9.17) is 23.2 Å². The van der Waals surface area contributed by atoms with Gasteiger partial charge in [0.05, 0.1) is 0 Å². The summed E-state index contributed by atoms with van der Waals surface area (Å²) in [6, 6.07) is 7.47. The summed E-state index contributed by atoms with van der Waals surface area (Å²) in [5, 5.41) is 4.35. The lowest BCUT2D eigenvalue weighted by Crippen LogP contribution is -2.04. The molecule has 1 aromatic heterocycles. The molecule has 2 aromatic rings. The highest BCUT2D eigenvalue weighted by Crippen LogP contribution is 2.23. The smallest absolute Gasteiger partial charge is 0.135 e. The van der Waals surface area contributed by atoms with E-state index in [1.165, 1.54) is 0 Å². The highest BCUT2D eigenvalue weighted by Gasteiger charge is 2.08. The molecule has 0 unspecified atom stereocenters. The van der Waals surface area contributed by atoms with Crippen LogP contribution in [0.4, 0.5) is 5.82 Å². The van der Waals surface area contributed by atoms with Gasteiger partial charge in [-0.1, -0.05) is 42.6 Å². The first-order valence-corrected chi connectivity index (χ1v) is 7.36. The fourth-order valence-corrected chi connectivity index (χ4v) is 2.45. The molecule has 1 aromatic carbocycles. The SMILES string of the molecule is CCCc1cc(NC)nc(Cc2ccc(Cl)cc2Cl)n1. The summed E-state index contributed by atoms with van der Waals surface area (Å²) < 4.78 is 0. The topological polar surface area (TPSA) is 37.8 Å². The van der Waals surface area contributed by atoms with Crippen molar-refractivity contribution in [3.63, 3.8) is 0 Å². The van der Waals surface area contributed by atoms with E-state index in [1.807, 2.05) is 25.2 Å². The quantitative estimate of drug-likeness (QED) is 0.891. The van der Waals surface area contributed by atoms with Gasteiger partial charge in [0.2, 0.25) is 0 Å². The number of rotatable bonds is 5. The Hall–Kier alpha value is -1.32. The van der Waals surface area contributed by atoms with E-state index in [1.54, 1.807) is 6.07 Å². The van der Waals surface area contributed by atoms with E-state index >= 15 is 0 Å². The lowest BCUT2D eigenvalue weighted by atomic mass is 10.1. The predicted molar refractivity (Wildman–Crippen MR) is 84.8 cm³/mol. The molecule has 0 bridgehead atoms. The van der Waals surface area contributed by atoms with Gasteiger partial charge >= 0.3 is 0 Å². The van der Waals surface area contributed by atoms with Gasteiger partial charge < -0.3 is 5.32 Å². The normalized spacial score (nSPS) is 10.6. The maximum absolute atomic E-state index is 6.20. The second-order valence-electron chi connectivity index (χ2n) is 4.57. The molecule has 0 aliphatic heterocycles. The van der Waals surface area contributed by atoms with Crippen molar-refractivity contribution in [2.75, 3.05) is 12.4 Å². The summed E-state index contributed by atoms with van der Waals surface area (Å²) in [6.45, 7) is 2.14. The average molecular weight is 310 g/mol. The fourth-order valence-electron chi connectivity index (χ4n) is 1.98. The minimum absolute atomic E-state index is 0.599. The molecule has 0 aliphatic rings. The zero-order chi connectivity index (χ0) is 14.5. The van der Waals surface area contributed by atoms with Crippen molar-refractivity contribution < 1.29 is 0 Å². The molecule has 1 heterocycles. The van der Waals surface area contributed by atoms with E-state index in [9.17, 15) is 0 Å². The van der Waals surface area contributed by atoms with Gasteiger partial charge in [0.25, 0.3) is 0 Å². The Bertz CT molecular complexity index is 600. The molecule has 1 N–H and O–H groups in total. The van der Waals surface area contributed by atoms with Crippen LogP contribution in [0.25, 0.3) is 0 Å². The van der Waals surface area contributed by atoms with Crippen LogP contribution < -0.4 is 5.32 Å². The third-order valence-corrected chi connectivity index (χ3v) is 3.54. The van der Waals surface area contributed by atoms with Gasteiger partial charge in [-0.25, -0.2) is 9.97 Å². The number of halogens is 2. The second-order valence-corrected chi connectivity index (χ2v) is 5.42. The third-order valence-electron chi connectivity index (χ3n) is 2.95. The number of aromatic nitrogens is 2. The molecular weight excluding hydrogens is 293 g/mol. The van der Waals surface area contributed by atoms with Crippen LogP contribution in [-0.4, -0.2) is 17.0 Å². The van der Waals surface area contributed by atoms with Crippen molar-refractivity contribution in [3.8, 4) is 0 Å². The zero-order valence-electron chi connectivity index (χ0n) is 11.6. The van der Waals surface area contributed by atoms with Crippen molar-refractivity contribution in [2.24, 2.45) is 0 Å². The standard InChI is InChI=1S/C15H17Cl2N3/c1-3-4-12-9-14(18-2)20-15(19-12)7-10-5-6-11(16)8-13(10)17/h5-6,8-9H,3-4,7H2,1-2H3,(H,18,19,20). The lowest BCUT2D eigenvalue weighted by molar-refractivity contribution is 0.843. The molecule has 106 valence electrons. The van der Waals surface area contributed by atoms with Crippen molar-refractivity contribution >= 4 is 29.0 Å². The molecular formula is C15H17Cl2N3. The maximum Gasteiger partial charge on any atom is 0.135 e. The summed E-state index contributed by atoms with van der Waals surface area (Å²) in [7, 11) is 1.86. The zero-order valence-corrected chi connectivity index (χ0v) is 13.1. The fraction of sp³-hybridized carbons (Fsp3) is 0.333. The van der Waals surface area contributed by atoms with Crippen LogP contribution in [0.5, 0.6) is 0 Å². The molecule has 0 saturated carbocycles. The molecule has 0 fully saturated rings. The highest BCUT2D eigenvalue weighted by atomic mass is 35.5. The molecule has 0 spiro atoms. The Balaban J connectivity index is 2.29. The van der Waals surface area contributed by atoms with E-state index in [0.717, 1.165) is 35.7 Å². The van der Waals surface area contributed by atoms with E-state index in [0.29, 0.717) is 16.5 Å². The molecule has 0 saturated heterocycles. The number of hydrogen-bond acceptors (Lipinski definition) is 3. The first kappa shape index (κ1) is 15.1. The minimum Gasteiger partial charge on any atom is -0.373 e. The van der Waals surface area contributed by atoms with E-state index in [2.05, 4.69) is 22.2 Å². The Morgan fingerprint density at radius 2 is 1.95 bits per heavy atom. The predicted octanol–water partition coefficient (Wildman–Crippen LogP) is 4.37. The summed E-state index contributed by atoms with van der Waals surface area (Å²) in [5.74, 6) is 1.60. The summed E-state index contributed by atoms with van der Waals surface area (Å²) in [5.41, 5.74) is 2.03. The van der Waals surface area contributed by atoms with E-state index in [-0.39, 0.29) is 0 Å². The highest BCUT2D eigenvalue weighted by molar-refractivity contribution is 6.35. The van der Waals surface area contributed by atoms with Crippen molar-refractivity contribution in [1.29, 1.82) is 0 Å². The monoisotopic (exact) mass is 309 g/mol. The van der Waals surface area contributed by atoms with Gasteiger partial charge in [0, 0.05) is 35.3 Å². The molecule has 0 atom stereocenters. The Morgan fingerprint density at radius 1 is 1.15 bits per heavy atom. The number of nitrogens with zero attached hydrogens (tertiary/aromatic N) is 2. The third kappa shape index (κ3) is 3.84. The second kappa shape index (κ2) is 6.91. The Kier molecular flexibility index (Phi) is 5.21. The van der Waals surface area contributed by atoms with Crippen molar-refractivity contribution in [3.05, 3.63) is 51.4 Å². The molecule has 0 amide bonds. The minimum atomic E-state index is 0.599. The van der Waals surface area contributed by atoms with Crippen molar-refractivity contribution in [1.82, 2.24) is 9.97 Å².